The molecule has 4 N–H and O–H groups in total. The van der Waals surface area contributed by atoms with Gasteiger partial charge in [-0.15, -0.1) is 0 Å². The van der Waals surface area contributed by atoms with Gasteiger partial charge in [-0.25, -0.2) is 0 Å². The van der Waals surface area contributed by atoms with Crippen molar-refractivity contribution in [3.63, 3.8) is 0 Å². The molecule has 0 aliphatic heterocycles. The maximum atomic E-state index is 5.80. The number of aryl methyl sites for hydroxylation is 2. The Morgan fingerprint density at radius 3 is 1.28 bits per heavy atom. The molecule has 0 aliphatic rings. The third-order valence-corrected chi connectivity index (χ3v) is 2.87. The van der Waals surface area contributed by atoms with E-state index in [-0.39, 0.29) is 59.1 Å². The van der Waals surface area contributed by atoms with E-state index in [0.717, 1.165) is 22.5 Å². The van der Waals surface area contributed by atoms with Gasteiger partial charge >= 0.3 is 59.1 Å². The minimum atomic E-state index is 0. The number of hydrogen-bond donors (Lipinski definition) is 2. The molecule has 2 aromatic rings. The second-order valence-corrected chi connectivity index (χ2v) is 4.14. The van der Waals surface area contributed by atoms with E-state index in [4.69, 9.17) is 11.5 Å². The zero-order valence-corrected chi connectivity index (χ0v) is 9.62. The molecule has 0 heterocycles. The predicted molar refractivity (Wildman–Crippen MR) is 84.5 cm³/mol. The molecule has 2 aromatic carbocycles. The molecule has 18 heavy (non-hydrogen) atoms. The van der Waals surface area contributed by atoms with Crippen LogP contribution < -0.4 is 11.5 Å². The summed E-state index contributed by atoms with van der Waals surface area (Å²) in [6.45, 7) is 4.03. The molecule has 0 amide bonds. The molecule has 0 saturated heterocycles. The Morgan fingerprint density at radius 2 is 1.00 bits per heavy atom. The molecule has 0 radical (unpaired) electrons. The second kappa shape index (κ2) is 7.59. The third-order valence-electron chi connectivity index (χ3n) is 2.87. The molecule has 0 aliphatic carbocycles. The number of rotatable bonds is 1. The van der Waals surface area contributed by atoms with Crippen molar-refractivity contribution in [2.45, 2.75) is 13.8 Å². The van der Waals surface area contributed by atoms with E-state index in [1.54, 1.807) is 0 Å². The summed E-state index contributed by atoms with van der Waals surface area (Å²) in [5, 5.41) is 0. The van der Waals surface area contributed by atoms with E-state index in [9.17, 15) is 0 Å². The molecule has 0 saturated carbocycles. The van der Waals surface area contributed by atoms with Crippen LogP contribution in [-0.4, -0.2) is 59.1 Å². The van der Waals surface area contributed by atoms with Crippen LogP contribution in [0.25, 0.3) is 11.1 Å². The van der Waals surface area contributed by atoms with Gasteiger partial charge in [0.1, 0.15) is 0 Å². The quantitative estimate of drug-likeness (QED) is 0.607. The van der Waals surface area contributed by atoms with E-state index in [1.807, 2.05) is 38.1 Å². The average molecular weight is 260 g/mol. The second-order valence-electron chi connectivity index (χ2n) is 4.14. The van der Waals surface area contributed by atoms with Gasteiger partial charge in [0.25, 0.3) is 0 Å². The Kier molecular flexibility index (Phi) is 7.60. The molecular formula is C14H18N2Na2. The first-order valence-electron chi connectivity index (χ1n) is 5.30. The summed E-state index contributed by atoms with van der Waals surface area (Å²) >= 11 is 0. The van der Waals surface area contributed by atoms with Crippen molar-refractivity contribution in [3.05, 3.63) is 47.5 Å². The summed E-state index contributed by atoms with van der Waals surface area (Å²) < 4.78 is 0. The molecule has 0 fully saturated rings. The zero-order valence-electron chi connectivity index (χ0n) is 9.62. The molecular weight excluding hydrogens is 242 g/mol. The minimum absolute atomic E-state index is 0. The van der Waals surface area contributed by atoms with Gasteiger partial charge in [-0.05, 0) is 60.4 Å². The van der Waals surface area contributed by atoms with Crippen molar-refractivity contribution in [1.82, 2.24) is 0 Å². The first kappa shape index (κ1) is 18.0. The summed E-state index contributed by atoms with van der Waals surface area (Å²) in [5.41, 5.74) is 17.8. The Balaban J connectivity index is 0.00000144. The van der Waals surface area contributed by atoms with Crippen molar-refractivity contribution < 1.29 is 0 Å². The summed E-state index contributed by atoms with van der Waals surface area (Å²) in [6.07, 6.45) is 0. The topological polar surface area (TPSA) is 52.0 Å². The van der Waals surface area contributed by atoms with Crippen LogP contribution in [0.3, 0.4) is 0 Å². The third kappa shape index (κ3) is 4.02. The fourth-order valence-electron chi connectivity index (χ4n) is 1.71. The Labute approximate surface area is 153 Å². The molecule has 0 aromatic heterocycles. The fourth-order valence-corrected chi connectivity index (χ4v) is 1.71. The average Bonchev–Trinajstić information content (AvgIpc) is 2.26. The van der Waals surface area contributed by atoms with Crippen LogP contribution in [0.4, 0.5) is 11.4 Å². The van der Waals surface area contributed by atoms with Crippen LogP contribution in [0.5, 0.6) is 0 Å². The van der Waals surface area contributed by atoms with Crippen LogP contribution in [0.1, 0.15) is 11.1 Å². The molecule has 0 atom stereocenters. The van der Waals surface area contributed by atoms with Gasteiger partial charge in [0.05, 0.1) is 0 Å². The van der Waals surface area contributed by atoms with Crippen molar-refractivity contribution >= 4 is 70.5 Å². The Hall–Kier alpha value is 0.0400. The standard InChI is InChI=1S/C14H16N2.2Na.2H/c1-9-7-11(3-5-13(9)15)12-4-6-14(16)10(2)8-12;;;;/h3-8H,15-16H2,1-2H3;;;;. The van der Waals surface area contributed by atoms with E-state index >= 15 is 0 Å². The van der Waals surface area contributed by atoms with Crippen LogP contribution in [0.2, 0.25) is 0 Å². The first-order valence-corrected chi connectivity index (χ1v) is 5.30. The normalized spacial score (nSPS) is 9.22. The number of benzene rings is 2. The van der Waals surface area contributed by atoms with E-state index in [2.05, 4.69) is 12.1 Å². The molecule has 0 unspecified atom stereocenters. The predicted octanol–water partition coefficient (Wildman–Crippen LogP) is 1.84. The molecule has 4 heteroatoms. The summed E-state index contributed by atoms with van der Waals surface area (Å²) in [7, 11) is 0. The number of hydrogen-bond acceptors (Lipinski definition) is 2. The van der Waals surface area contributed by atoms with Crippen LogP contribution in [0, 0.1) is 13.8 Å². The van der Waals surface area contributed by atoms with Crippen molar-refractivity contribution in [3.8, 4) is 11.1 Å². The van der Waals surface area contributed by atoms with Crippen LogP contribution in [-0.2, 0) is 0 Å². The monoisotopic (exact) mass is 260 g/mol. The van der Waals surface area contributed by atoms with Gasteiger partial charge in [-0.3, -0.25) is 0 Å². The summed E-state index contributed by atoms with van der Waals surface area (Å²) in [4.78, 5) is 0. The van der Waals surface area contributed by atoms with Gasteiger partial charge in [0.2, 0.25) is 0 Å². The van der Waals surface area contributed by atoms with Gasteiger partial charge in [0, 0.05) is 11.4 Å². The number of nitrogens with two attached hydrogens (primary N) is 2. The summed E-state index contributed by atoms with van der Waals surface area (Å²) in [5.74, 6) is 0. The van der Waals surface area contributed by atoms with Gasteiger partial charge in [0.15, 0.2) is 0 Å². The van der Waals surface area contributed by atoms with Crippen molar-refractivity contribution in [1.29, 1.82) is 0 Å². The zero-order chi connectivity index (χ0) is 11.7. The van der Waals surface area contributed by atoms with Gasteiger partial charge in [-0.1, -0.05) is 12.1 Å². The Bertz CT molecular complexity index is 490. The van der Waals surface area contributed by atoms with E-state index in [1.165, 1.54) is 11.1 Å². The number of nitrogen functional groups attached to an aromatic ring is 2. The number of anilines is 2. The molecule has 86 valence electrons. The SMILES string of the molecule is Cc1cc(-c2ccc(N)c(C)c2)ccc1N.[NaH].[NaH]. The molecule has 0 bridgehead atoms. The molecule has 2 rings (SSSR count). The molecule has 0 spiro atoms. The van der Waals surface area contributed by atoms with E-state index < -0.39 is 0 Å². The van der Waals surface area contributed by atoms with Crippen LogP contribution in [0.15, 0.2) is 36.4 Å². The molecule has 2 nitrogen and oxygen atoms in total. The van der Waals surface area contributed by atoms with Crippen molar-refractivity contribution in [2.24, 2.45) is 0 Å². The van der Waals surface area contributed by atoms with Crippen molar-refractivity contribution in [2.75, 3.05) is 11.5 Å². The van der Waals surface area contributed by atoms with Gasteiger partial charge in [-0.2, -0.15) is 0 Å². The summed E-state index contributed by atoms with van der Waals surface area (Å²) in [6, 6.07) is 12.1. The maximum absolute atomic E-state index is 5.80. The van der Waals surface area contributed by atoms with Crippen LogP contribution >= 0.6 is 0 Å². The fraction of sp³-hybridized carbons (Fsp3) is 0.143. The van der Waals surface area contributed by atoms with E-state index in [0.29, 0.717) is 0 Å². The Morgan fingerprint density at radius 1 is 0.667 bits per heavy atom. The van der Waals surface area contributed by atoms with Gasteiger partial charge < -0.3 is 11.5 Å². The first-order chi connectivity index (χ1) is 7.58.